The molecule has 0 saturated heterocycles. The summed E-state index contributed by atoms with van der Waals surface area (Å²) < 4.78 is 18.3. The summed E-state index contributed by atoms with van der Waals surface area (Å²) in [6.07, 6.45) is 4.53. The zero-order valence-corrected chi connectivity index (χ0v) is 10.9. The third-order valence-electron chi connectivity index (χ3n) is 2.86. The van der Waals surface area contributed by atoms with Crippen molar-refractivity contribution in [2.24, 2.45) is 0 Å². The smallest absolute Gasteiger partial charge is 0.165 e. The van der Waals surface area contributed by atoms with Gasteiger partial charge in [-0.2, -0.15) is 0 Å². The first-order valence-electron chi connectivity index (χ1n) is 6.21. The van der Waals surface area contributed by atoms with E-state index in [2.05, 4.69) is 10.3 Å². The lowest BCUT2D eigenvalue weighted by Gasteiger charge is -2.07. The highest BCUT2D eigenvalue weighted by Crippen LogP contribution is 2.17. The molecule has 0 amide bonds. The number of pyridine rings is 1. The van der Waals surface area contributed by atoms with E-state index in [0.717, 1.165) is 18.5 Å². The highest BCUT2D eigenvalue weighted by Gasteiger charge is 2.02. The average molecular weight is 260 g/mol. The zero-order valence-electron chi connectivity index (χ0n) is 10.9. The van der Waals surface area contributed by atoms with Gasteiger partial charge in [0.05, 0.1) is 7.11 Å². The number of methoxy groups -OCH3 is 1. The van der Waals surface area contributed by atoms with Crippen LogP contribution in [0.2, 0.25) is 0 Å². The second-order valence-electron chi connectivity index (χ2n) is 4.26. The third kappa shape index (κ3) is 4.03. The predicted molar refractivity (Wildman–Crippen MR) is 72.6 cm³/mol. The van der Waals surface area contributed by atoms with Crippen LogP contribution in [-0.2, 0) is 13.0 Å². The van der Waals surface area contributed by atoms with Gasteiger partial charge in [0.25, 0.3) is 0 Å². The minimum Gasteiger partial charge on any atom is -0.494 e. The lowest BCUT2D eigenvalue weighted by Crippen LogP contribution is -2.16. The van der Waals surface area contributed by atoms with Gasteiger partial charge in [0.1, 0.15) is 0 Å². The number of nitrogens with zero attached hydrogens (tertiary/aromatic N) is 1. The number of halogens is 1. The Balaban J connectivity index is 1.78. The number of rotatable bonds is 6. The van der Waals surface area contributed by atoms with E-state index < -0.39 is 0 Å². The lowest BCUT2D eigenvalue weighted by atomic mass is 10.2. The summed E-state index contributed by atoms with van der Waals surface area (Å²) in [7, 11) is 1.46. The molecule has 0 atom stereocenters. The molecule has 0 radical (unpaired) electrons. The Kier molecular flexibility index (Phi) is 4.86. The molecule has 0 aliphatic heterocycles. The van der Waals surface area contributed by atoms with Gasteiger partial charge in [-0.25, -0.2) is 4.39 Å². The Morgan fingerprint density at radius 3 is 2.84 bits per heavy atom. The van der Waals surface area contributed by atoms with E-state index in [4.69, 9.17) is 4.74 Å². The Hall–Kier alpha value is -1.94. The minimum absolute atomic E-state index is 0.277. The third-order valence-corrected chi connectivity index (χ3v) is 2.86. The SMILES string of the molecule is COc1ccc(CNCCc2cccnc2)cc1F. The fourth-order valence-electron chi connectivity index (χ4n) is 1.83. The molecule has 0 aliphatic rings. The number of hydrogen-bond donors (Lipinski definition) is 1. The van der Waals surface area contributed by atoms with Gasteiger partial charge in [0.15, 0.2) is 11.6 Å². The molecule has 1 aromatic carbocycles. The fraction of sp³-hybridized carbons (Fsp3) is 0.267. The number of hydrogen-bond acceptors (Lipinski definition) is 3. The molecule has 0 fully saturated rings. The Labute approximate surface area is 112 Å². The highest BCUT2D eigenvalue weighted by molar-refractivity contribution is 5.29. The van der Waals surface area contributed by atoms with Crippen LogP contribution in [0, 0.1) is 5.82 Å². The summed E-state index contributed by atoms with van der Waals surface area (Å²) in [6, 6.07) is 8.97. The summed E-state index contributed by atoms with van der Waals surface area (Å²) >= 11 is 0. The quantitative estimate of drug-likeness (QED) is 0.811. The topological polar surface area (TPSA) is 34.1 Å². The maximum absolute atomic E-state index is 13.5. The summed E-state index contributed by atoms with van der Waals surface area (Å²) in [5.41, 5.74) is 2.10. The van der Waals surface area contributed by atoms with Crippen molar-refractivity contribution in [2.45, 2.75) is 13.0 Å². The van der Waals surface area contributed by atoms with Crippen LogP contribution in [-0.4, -0.2) is 18.6 Å². The van der Waals surface area contributed by atoms with E-state index in [1.54, 1.807) is 12.3 Å². The van der Waals surface area contributed by atoms with Gasteiger partial charge in [-0.1, -0.05) is 12.1 Å². The van der Waals surface area contributed by atoms with Crippen molar-refractivity contribution in [1.82, 2.24) is 10.3 Å². The van der Waals surface area contributed by atoms with Crippen molar-refractivity contribution in [3.63, 3.8) is 0 Å². The minimum atomic E-state index is -0.325. The maximum Gasteiger partial charge on any atom is 0.165 e. The van der Waals surface area contributed by atoms with Crippen LogP contribution in [0.5, 0.6) is 5.75 Å². The van der Waals surface area contributed by atoms with Crippen LogP contribution in [0.3, 0.4) is 0 Å². The van der Waals surface area contributed by atoms with Gasteiger partial charge < -0.3 is 10.1 Å². The number of aromatic nitrogens is 1. The van der Waals surface area contributed by atoms with E-state index in [0.29, 0.717) is 6.54 Å². The summed E-state index contributed by atoms with van der Waals surface area (Å²) in [5, 5.41) is 3.28. The van der Waals surface area contributed by atoms with Crippen LogP contribution in [0.1, 0.15) is 11.1 Å². The summed E-state index contributed by atoms with van der Waals surface area (Å²) in [5.74, 6) is -0.0480. The fourth-order valence-corrected chi connectivity index (χ4v) is 1.83. The van der Waals surface area contributed by atoms with Crippen molar-refractivity contribution >= 4 is 0 Å². The Morgan fingerprint density at radius 1 is 1.26 bits per heavy atom. The molecule has 1 heterocycles. The maximum atomic E-state index is 13.5. The lowest BCUT2D eigenvalue weighted by molar-refractivity contribution is 0.386. The molecule has 0 unspecified atom stereocenters. The monoisotopic (exact) mass is 260 g/mol. The van der Waals surface area contributed by atoms with Gasteiger partial charge in [-0.3, -0.25) is 4.98 Å². The van der Waals surface area contributed by atoms with Crippen LogP contribution in [0.15, 0.2) is 42.7 Å². The van der Waals surface area contributed by atoms with Crippen LogP contribution < -0.4 is 10.1 Å². The van der Waals surface area contributed by atoms with E-state index in [-0.39, 0.29) is 11.6 Å². The molecule has 1 N–H and O–H groups in total. The largest absolute Gasteiger partial charge is 0.494 e. The molecule has 1 aromatic heterocycles. The number of benzene rings is 1. The predicted octanol–water partition coefficient (Wildman–Crippen LogP) is 2.56. The first-order chi connectivity index (χ1) is 9.29. The summed E-state index contributed by atoms with van der Waals surface area (Å²) in [6.45, 7) is 1.47. The molecule has 4 heteroatoms. The summed E-state index contributed by atoms with van der Waals surface area (Å²) in [4.78, 5) is 4.06. The molecular weight excluding hydrogens is 243 g/mol. The number of nitrogens with one attached hydrogen (secondary N) is 1. The molecule has 2 rings (SSSR count). The standard InChI is InChI=1S/C15H17FN2O/c1-19-15-5-4-13(9-14(15)16)11-18-8-6-12-3-2-7-17-10-12/h2-5,7,9-10,18H,6,8,11H2,1H3. The van der Waals surface area contributed by atoms with Crippen molar-refractivity contribution in [2.75, 3.05) is 13.7 Å². The van der Waals surface area contributed by atoms with E-state index >= 15 is 0 Å². The van der Waals surface area contributed by atoms with Crippen molar-refractivity contribution in [3.8, 4) is 5.75 Å². The molecule has 19 heavy (non-hydrogen) atoms. The first kappa shape index (κ1) is 13.5. The van der Waals surface area contributed by atoms with E-state index in [1.807, 2.05) is 24.4 Å². The molecule has 0 spiro atoms. The van der Waals surface area contributed by atoms with Crippen LogP contribution in [0.4, 0.5) is 4.39 Å². The van der Waals surface area contributed by atoms with Crippen LogP contribution >= 0.6 is 0 Å². The zero-order chi connectivity index (χ0) is 13.5. The van der Waals surface area contributed by atoms with Crippen molar-refractivity contribution in [1.29, 1.82) is 0 Å². The van der Waals surface area contributed by atoms with E-state index in [9.17, 15) is 4.39 Å². The highest BCUT2D eigenvalue weighted by atomic mass is 19.1. The van der Waals surface area contributed by atoms with Gasteiger partial charge in [-0.05, 0) is 42.3 Å². The first-order valence-corrected chi connectivity index (χ1v) is 6.21. The van der Waals surface area contributed by atoms with Crippen molar-refractivity contribution in [3.05, 3.63) is 59.7 Å². The molecule has 100 valence electrons. The Morgan fingerprint density at radius 2 is 2.16 bits per heavy atom. The molecule has 0 bridgehead atoms. The normalized spacial score (nSPS) is 10.4. The van der Waals surface area contributed by atoms with Gasteiger partial charge in [-0.15, -0.1) is 0 Å². The van der Waals surface area contributed by atoms with Gasteiger partial charge >= 0.3 is 0 Å². The second kappa shape index (κ2) is 6.85. The average Bonchev–Trinajstić information content (AvgIpc) is 2.45. The Bertz CT molecular complexity index is 517. The number of ether oxygens (including phenoxy) is 1. The van der Waals surface area contributed by atoms with Crippen molar-refractivity contribution < 1.29 is 9.13 Å². The molecule has 0 aliphatic carbocycles. The van der Waals surface area contributed by atoms with Gasteiger partial charge in [0.2, 0.25) is 0 Å². The van der Waals surface area contributed by atoms with E-state index in [1.165, 1.54) is 18.7 Å². The van der Waals surface area contributed by atoms with Crippen LogP contribution in [0.25, 0.3) is 0 Å². The molecular formula is C15H17FN2O. The molecule has 3 nitrogen and oxygen atoms in total. The van der Waals surface area contributed by atoms with Gasteiger partial charge in [0, 0.05) is 18.9 Å². The molecule has 2 aromatic rings. The molecule has 0 saturated carbocycles. The second-order valence-corrected chi connectivity index (χ2v) is 4.26.